The van der Waals surface area contributed by atoms with Crippen LogP contribution in [0.3, 0.4) is 0 Å². The quantitative estimate of drug-likeness (QED) is 0.790. The summed E-state index contributed by atoms with van der Waals surface area (Å²) < 4.78 is 1.70. The number of hydrogen-bond donors (Lipinski definition) is 1. The van der Waals surface area contributed by atoms with Gasteiger partial charge in [0.05, 0.1) is 5.69 Å². The number of carbonyl (C=O) groups is 2. The highest BCUT2D eigenvalue weighted by Gasteiger charge is 2.34. The molecule has 1 unspecified atom stereocenters. The summed E-state index contributed by atoms with van der Waals surface area (Å²) in [5, 5.41) is 13.7. The fourth-order valence-electron chi connectivity index (χ4n) is 3.30. The molecule has 2 aromatic carbocycles. The summed E-state index contributed by atoms with van der Waals surface area (Å²) in [6, 6.07) is 15.6. The lowest BCUT2D eigenvalue weighted by atomic mass is 9.93. The number of rotatable bonds is 3. The van der Waals surface area contributed by atoms with Gasteiger partial charge in [-0.3, -0.25) is 4.79 Å². The fraction of sp³-hybridized carbons (Fsp3) is 0.150. The van der Waals surface area contributed by atoms with E-state index in [1.165, 1.54) is 4.90 Å². The van der Waals surface area contributed by atoms with Gasteiger partial charge in [0, 0.05) is 30.9 Å². The van der Waals surface area contributed by atoms with E-state index in [4.69, 9.17) is 0 Å². The second kappa shape index (κ2) is 6.48. The fourth-order valence-corrected chi connectivity index (χ4v) is 3.30. The molecule has 2 heterocycles. The van der Waals surface area contributed by atoms with Crippen LogP contribution < -0.4 is 0 Å². The molecule has 0 aliphatic carbocycles. The first kappa shape index (κ1) is 16.1. The van der Waals surface area contributed by atoms with E-state index in [1.807, 2.05) is 36.5 Å². The number of amides is 1. The van der Waals surface area contributed by atoms with E-state index in [1.54, 1.807) is 35.1 Å². The van der Waals surface area contributed by atoms with Crippen LogP contribution in [0.25, 0.3) is 5.69 Å². The Bertz CT molecular complexity index is 949. The van der Waals surface area contributed by atoms with Crippen LogP contribution in [0.2, 0.25) is 0 Å². The lowest BCUT2D eigenvalue weighted by molar-refractivity contribution is -0.142. The molecule has 3 aromatic rings. The Balaban J connectivity index is 1.63. The van der Waals surface area contributed by atoms with E-state index in [-0.39, 0.29) is 5.91 Å². The maximum Gasteiger partial charge on any atom is 0.326 e. The average molecular weight is 347 g/mol. The van der Waals surface area contributed by atoms with Crippen LogP contribution in [-0.4, -0.2) is 37.7 Å². The molecular weight excluding hydrogens is 330 g/mol. The van der Waals surface area contributed by atoms with Gasteiger partial charge in [-0.25, -0.2) is 9.48 Å². The zero-order valence-corrected chi connectivity index (χ0v) is 13.9. The van der Waals surface area contributed by atoms with Gasteiger partial charge in [-0.1, -0.05) is 24.3 Å². The molecule has 0 saturated carbocycles. The predicted molar refractivity (Wildman–Crippen MR) is 95.0 cm³/mol. The molecule has 4 rings (SSSR count). The molecule has 0 radical (unpaired) electrons. The first-order valence-corrected chi connectivity index (χ1v) is 8.34. The van der Waals surface area contributed by atoms with Crippen molar-refractivity contribution in [2.45, 2.75) is 19.0 Å². The van der Waals surface area contributed by atoms with E-state index >= 15 is 0 Å². The van der Waals surface area contributed by atoms with E-state index in [9.17, 15) is 14.7 Å². The molecule has 0 saturated heterocycles. The highest BCUT2D eigenvalue weighted by atomic mass is 16.4. The Morgan fingerprint density at radius 1 is 1.00 bits per heavy atom. The topological polar surface area (TPSA) is 75.4 Å². The van der Waals surface area contributed by atoms with E-state index in [0.717, 1.165) is 16.8 Å². The SMILES string of the molecule is O=C(O)C1Cc2ccccc2CN1C(=O)c1ccc(-n2cccn2)cc1. The van der Waals surface area contributed by atoms with Crippen molar-refractivity contribution in [3.05, 3.63) is 83.7 Å². The average Bonchev–Trinajstić information content (AvgIpc) is 3.21. The molecule has 1 aliphatic rings. The first-order chi connectivity index (χ1) is 12.6. The minimum atomic E-state index is -0.985. The van der Waals surface area contributed by atoms with Gasteiger partial charge in [0.2, 0.25) is 0 Å². The van der Waals surface area contributed by atoms with Gasteiger partial charge >= 0.3 is 5.97 Å². The number of carboxylic acid groups (broad SMARTS) is 1. The van der Waals surface area contributed by atoms with Crippen molar-refractivity contribution < 1.29 is 14.7 Å². The number of carbonyl (C=O) groups excluding carboxylic acids is 1. The van der Waals surface area contributed by atoms with Crippen molar-refractivity contribution >= 4 is 11.9 Å². The van der Waals surface area contributed by atoms with Gasteiger partial charge in [0.15, 0.2) is 0 Å². The highest BCUT2D eigenvalue weighted by molar-refractivity contribution is 5.97. The lowest BCUT2D eigenvalue weighted by Gasteiger charge is -2.34. The van der Waals surface area contributed by atoms with Crippen LogP contribution >= 0.6 is 0 Å². The first-order valence-electron chi connectivity index (χ1n) is 8.34. The maximum atomic E-state index is 13.0. The number of carboxylic acids is 1. The molecule has 1 amide bonds. The third kappa shape index (κ3) is 2.86. The zero-order chi connectivity index (χ0) is 18.1. The summed E-state index contributed by atoms with van der Waals surface area (Å²) in [6.07, 6.45) is 3.82. The molecule has 0 fully saturated rings. The van der Waals surface area contributed by atoms with Gasteiger partial charge in [-0.2, -0.15) is 5.10 Å². The number of fused-ring (bicyclic) bond motifs is 1. The Morgan fingerprint density at radius 3 is 2.38 bits per heavy atom. The van der Waals surface area contributed by atoms with E-state index < -0.39 is 12.0 Å². The Kier molecular flexibility index (Phi) is 4.01. The van der Waals surface area contributed by atoms with Crippen LogP contribution in [0.15, 0.2) is 67.0 Å². The van der Waals surface area contributed by atoms with E-state index in [0.29, 0.717) is 18.5 Å². The van der Waals surface area contributed by atoms with Gasteiger partial charge in [-0.15, -0.1) is 0 Å². The maximum absolute atomic E-state index is 13.0. The zero-order valence-electron chi connectivity index (χ0n) is 13.9. The number of benzene rings is 2. The summed E-state index contributed by atoms with van der Waals surface area (Å²) in [5.41, 5.74) is 3.28. The monoisotopic (exact) mass is 347 g/mol. The Labute approximate surface area is 150 Å². The number of aromatic nitrogens is 2. The molecule has 0 bridgehead atoms. The molecular formula is C20H17N3O3. The lowest BCUT2D eigenvalue weighted by Crippen LogP contribution is -2.48. The summed E-state index contributed by atoms with van der Waals surface area (Å²) in [6.45, 7) is 0.298. The van der Waals surface area contributed by atoms with Crippen LogP contribution in [0, 0.1) is 0 Å². The number of nitrogens with zero attached hydrogens (tertiary/aromatic N) is 3. The largest absolute Gasteiger partial charge is 0.480 e. The van der Waals surface area contributed by atoms with Crippen LogP contribution in [0.5, 0.6) is 0 Å². The third-order valence-corrected chi connectivity index (χ3v) is 4.68. The predicted octanol–water partition coefficient (Wildman–Crippen LogP) is 2.52. The van der Waals surface area contributed by atoms with Crippen molar-refractivity contribution in [2.24, 2.45) is 0 Å². The normalized spacial score (nSPS) is 16.2. The molecule has 1 N–H and O–H groups in total. The summed E-state index contributed by atoms with van der Waals surface area (Å²) in [7, 11) is 0. The summed E-state index contributed by atoms with van der Waals surface area (Å²) in [4.78, 5) is 26.1. The van der Waals surface area contributed by atoms with Crippen molar-refractivity contribution in [3.8, 4) is 5.69 Å². The number of aliphatic carboxylic acids is 1. The van der Waals surface area contributed by atoms with Gasteiger partial charge in [0.1, 0.15) is 6.04 Å². The minimum absolute atomic E-state index is 0.279. The van der Waals surface area contributed by atoms with Gasteiger partial charge in [0.25, 0.3) is 5.91 Å². The molecule has 6 nitrogen and oxygen atoms in total. The molecule has 1 atom stereocenters. The minimum Gasteiger partial charge on any atom is -0.480 e. The number of hydrogen-bond acceptors (Lipinski definition) is 3. The Hall–Kier alpha value is -3.41. The molecule has 1 aromatic heterocycles. The summed E-state index contributed by atoms with van der Waals surface area (Å²) >= 11 is 0. The second-order valence-corrected chi connectivity index (χ2v) is 6.26. The smallest absolute Gasteiger partial charge is 0.326 e. The molecule has 6 heteroatoms. The molecule has 26 heavy (non-hydrogen) atoms. The highest BCUT2D eigenvalue weighted by Crippen LogP contribution is 2.25. The van der Waals surface area contributed by atoms with Crippen molar-refractivity contribution in [1.29, 1.82) is 0 Å². The van der Waals surface area contributed by atoms with Crippen molar-refractivity contribution in [2.75, 3.05) is 0 Å². The van der Waals surface area contributed by atoms with Gasteiger partial charge in [-0.05, 0) is 41.5 Å². The Morgan fingerprint density at radius 2 is 1.73 bits per heavy atom. The van der Waals surface area contributed by atoms with Crippen molar-refractivity contribution in [1.82, 2.24) is 14.7 Å². The molecule has 130 valence electrons. The second-order valence-electron chi connectivity index (χ2n) is 6.26. The van der Waals surface area contributed by atoms with Crippen LogP contribution in [-0.2, 0) is 17.8 Å². The standard InChI is InChI=1S/C20H17N3O3/c24-19(14-6-8-17(9-7-14)23-11-3-10-21-23)22-13-16-5-2-1-4-15(16)12-18(22)20(25)26/h1-11,18H,12-13H2,(H,25,26). The van der Waals surface area contributed by atoms with E-state index in [2.05, 4.69) is 5.10 Å². The molecule has 0 spiro atoms. The third-order valence-electron chi connectivity index (χ3n) is 4.68. The molecule has 1 aliphatic heterocycles. The summed E-state index contributed by atoms with van der Waals surface area (Å²) in [5.74, 6) is -1.26. The van der Waals surface area contributed by atoms with Gasteiger partial charge < -0.3 is 10.0 Å². The van der Waals surface area contributed by atoms with Crippen LogP contribution in [0.4, 0.5) is 0 Å². The van der Waals surface area contributed by atoms with Crippen LogP contribution in [0.1, 0.15) is 21.5 Å². The van der Waals surface area contributed by atoms with Crippen molar-refractivity contribution in [3.63, 3.8) is 0 Å².